The summed E-state index contributed by atoms with van der Waals surface area (Å²) in [6, 6.07) is 15.5. The number of nitrogens with zero attached hydrogens (tertiary/aromatic N) is 1. The van der Waals surface area contributed by atoms with Crippen LogP contribution in [0.3, 0.4) is 0 Å². The highest BCUT2D eigenvalue weighted by Crippen LogP contribution is 2.40. The number of hydrogen-bond donors (Lipinski definition) is 1. The monoisotopic (exact) mass is 475 g/mol. The minimum absolute atomic E-state index is 0.151. The minimum atomic E-state index is -0.957. The molecule has 0 radical (unpaired) electrons. The number of carbonyl (C=O) groups is 2. The lowest BCUT2D eigenvalue weighted by Gasteiger charge is -2.18. The number of rotatable bonds is 6. The van der Waals surface area contributed by atoms with Gasteiger partial charge in [-0.05, 0) is 47.5 Å². The Labute approximate surface area is 193 Å². The zero-order valence-corrected chi connectivity index (χ0v) is 18.3. The number of ether oxygens (including phenoxy) is 1. The number of benzene rings is 3. The molecule has 0 atom stereocenters. The largest absolute Gasteiger partial charge is 0.488 e. The number of aliphatic carboxylic acids is 1. The van der Waals surface area contributed by atoms with Gasteiger partial charge in [-0.3, -0.25) is 9.59 Å². The summed E-state index contributed by atoms with van der Waals surface area (Å²) in [6.45, 7) is 0.478. The first-order valence-corrected chi connectivity index (χ1v) is 10.5. The lowest BCUT2D eigenvalue weighted by molar-refractivity contribution is -0.136. The summed E-state index contributed by atoms with van der Waals surface area (Å²) in [4.78, 5) is 25.7. The summed E-state index contributed by atoms with van der Waals surface area (Å²) >= 11 is 18.8. The van der Waals surface area contributed by atoms with Crippen LogP contribution >= 0.6 is 34.8 Å². The van der Waals surface area contributed by atoms with Gasteiger partial charge in [0.2, 0.25) is 0 Å². The summed E-state index contributed by atoms with van der Waals surface area (Å²) in [7, 11) is 0. The molecule has 0 saturated heterocycles. The van der Waals surface area contributed by atoms with Gasteiger partial charge in [0.25, 0.3) is 5.91 Å². The quantitative estimate of drug-likeness (QED) is 0.473. The van der Waals surface area contributed by atoms with Crippen LogP contribution in [0.5, 0.6) is 5.75 Å². The summed E-state index contributed by atoms with van der Waals surface area (Å²) in [5, 5.41) is 10.3. The van der Waals surface area contributed by atoms with E-state index in [1.54, 1.807) is 42.5 Å². The average Bonchev–Trinajstić information content (AvgIpc) is 3.06. The van der Waals surface area contributed by atoms with Crippen LogP contribution in [0.2, 0.25) is 15.1 Å². The maximum atomic E-state index is 13.3. The third kappa shape index (κ3) is 4.49. The minimum Gasteiger partial charge on any atom is -0.488 e. The molecule has 0 aliphatic carbocycles. The van der Waals surface area contributed by atoms with Crippen LogP contribution in [0.1, 0.15) is 27.0 Å². The van der Waals surface area contributed by atoms with Gasteiger partial charge in [0.1, 0.15) is 12.4 Å². The van der Waals surface area contributed by atoms with Gasteiger partial charge in [-0.1, -0.05) is 53.0 Å². The van der Waals surface area contributed by atoms with Gasteiger partial charge < -0.3 is 14.7 Å². The van der Waals surface area contributed by atoms with E-state index in [0.717, 1.165) is 5.56 Å². The molecule has 3 aromatic carbocycles. The zero-order chi connectivity index (χ0) is 22.1. The molecule has 158 valence electrons. The van der Waals surface area contributed by atoms with Crippen molar-refractivity contribution in [1.82, 2.24) is 0 Å². The number of carboxylic acid groups (broad SMARTS) is 1. The molecule has 1 aliphatic rings. The highest BCUT2D eigenvalue weighted by molar-refractivity contribution is 6.35. The van der Waals surface area contributed by atoms with Gasteiger partial charge in [-0.2, -0.15) is 0 Å². The second-order valence-corrected chi connectivity index (χ2v) is 8.32. The Kier molecular flexibility index (Phi) is 6.10. The Morgan fingerprint density at radius 2 is 1.81 bits per heavy atom. The molecule has 3 aromatic rings. The fourth-order valence-electron chi connectivity index (χ4n) is 3.51. The van der Waals surface area contributed by atoms with Crippen LogP contribution in [0, 0.1) is 0 Å². The second-order valence-electron chi connectivity index (χ2n) is 7.07. The average molecular weight is 477 g/mol. The van der Waals surface area contributed by atoms with Crippen LogP contribution in [0.15, 0.2) is 54.6 Å². The van der Waals surface area contributed by atoms with Gasteiger partial charge in [0.15, 0.2) is 0 Å². The predicted molar refractivity (Wildman–Crippen MR) is 121 cm³/mol. The normalized spacial score (nSPS) is 12.7. The fourth-order valence-corrected chi connectivity index (χ4v) is 4.25. The Balaban J connectivity index is 1.62. The number of carboxylic acids is 1. The van der Waals surface area contributed by atoms with E-state index in [-0.39, 0.29) is 30.5 Å². The standard InChI is InChI=1S/C23H16Cl3NO4/c24-15-3-1-2-14(8-15)12-31-20-7-5-17(25)16-11-27(23(30)22(16)20)19-6-4-13(9-18(19)26)10-21(28)29/h1-9H,10-12H2,(H,28,29). The predicted octanol–water partition coefficient (Wildman–Crippen LogP) is 6.01. The summed E-state index contributed by atoms with van der Waals surface area (Å²) < 4.78 is 5.93. The third-order valence-corrected chi connectivity index (χ3v) is 5.83. The molecule has 1 N–H and O–H groups in total. The van der Waals surface area contributed by atoms with E-state index in [0.29, 0.717) is 38.2 Å². The summed E-state index contributed by atoms with van der Waals surface area (Å²) in [5.74, 6) is -0.821. The van der Waals surface area contributed by atoms with Crippen molar-refractivity contribution in [2.24, 2.45) is 0 Å². The lowest BCUT2D eigenvalue weighted by atomic mass is 10.1. The highest BCUT2D eigenvalue weighted by Gasteiger charge is 2.34. The second kappa shape index (κ2) is 8.79. The van der Waals surface area contributed by atoms with Crippen molar-refractivity contribution in [1.29, 1.82) is 0 Å². The molecule has 0 spiro atoms. The topological polar surface area (TPSA) is 66.8 Å². The van der Waals surface area contributed by atoms with E-state index < -0.39 is 5.97 Å². The lowest BCUT2D eigenvalue weighted by Crippen LogP contribution is -2.23. The first-order valence-electron chi connectivity index (χ1n) is 9.34. The van der Waals surface area contributed by atoms with E-state index in [2.05, 4.69) is 0 Å². The molecule has 0 unspecified atom stereocenters. The van der Waals surface area contributed by atoms with Gasteiger partial charge in [0, 0.05) is 15.6 Å². The molecular formula is C23H16Cl3NO4. The van der Waals surface area contributed by atoms with Crippen molar-refractivity contribution in [3.63, 3.8) is 0 Å². The van der Waals surface area contributed by atoms with Crippen LogP contribution in [-0.4, -0.2) is 17.0 Å². The number of anilines is 1. The fraction of sp³-hybridized carbons (Fsp3) is 0.130. The van der Waals surface area contributed by atoms with Crippen LogP contribution in [0.4, 0.5) is 5.69 Å². The molecule has 1 aliphatic heterocycles. The molecule has 31 heavy (non-hydrogen) atoms. The third-order valence-electron chi connectivity index (χ3n) is 4.93. The molecule has 0 bridgehead atoms. The molecule has 1 heterocycles. The van der Waals surface area contributed by atoms with Gasteiger partial charge in [-0.25, -0.2) is 0 Å². The first-order chi connectivity index (χ1) is 14.8. The molecule has 0 fully saturated rings. The van der Waals surface area contributed by atoms with Crippen LogP contribution in [-0.2, 0) is 24.4 Å². The zero-order valence-electron chi connectivity index (χ0n) is 16.1. The van der Waals surface area contributed by atoms with Crippen molar-refractivity contribution in [2.75, 3.05) is 4.90 Å². The molecule has 4 rings (SSSR count). The number of hydrogen-bond acceptors (Lipinski definition) is 3. The van der Waals surface area contributed by atoms with E-state index in [9.17, 15) is 9.59 Å². The van der Waals surface area contributed by atoms with Crippen molar-refractivity contribution >= 4 is 52.4 Å². The molecular weight excluding hydrogens is 461 g/mol. The number of halogens is 3. The van der Waals surface area contributed by atoms with Crippen molar-refractivity contribution in [3.05, 3.63) is 91.9 Å². The van der Waals surface area contributed by atoms with E-state index in [1.807, 2.05) is 12.1 Å². The summed E-state index contributed by atoms with van der Waals surface area (Å²) in [5.41, 5.74) is 2.94. The molecule has 0 aromatic heterocycles. The van der Waals surface area contributed by atoms with Gasteiger partial charge >= 0.3 is 5.97 Å². The molecule has 8 heteroatoms. The Morgan fingerprint density at radius 1 is 1.00 bits per heavy atom. The summed E-state index contributed by atoms with van der Waals surface area (Å²) in [6.07, 6.45) is -0.151. The van der Waals surface area contributed by atoms with Crippen molar-refractivity contribution < 1.29 is 19.4 Å². The van der Waals surface area contributed by atoms with E-state index >= 15 is 0 Å². The number of fused-ring (bicyclic) bond motifs is 1. The van der Waals surface area contributed by atoms with Gasteiger partial charge in [0.05, 0.1) is 29.2 Å². The smallest absolute Gasteiger partial charge is 0.307 e. The highest BCUT2D eigenvalue weighted by atomic mass is 35.5. The van der Waals surface area contributed by atoms with E-state index in [1.165, 1.54) is 4.90 Å². The maximum absolute atomic E-state index is 13.3. The molecule has 5 nitrogen and oxygen atoms in total. The van der Waals surface area contributed by atoms with Gasteiger partial charge in [-0.15, -0.1) is 0 Å². The number of amides is 1. The molecule has 1 amide bonds. The maximum Gasteiger partial charge on any atom is 0.307 e. The first kappa shape index (κ1) is 21.5. The molecule has 0 saturated carbocycles. The SMILES string of the molecule is O=C(O)Cc1ccc(N2Cc3c(Cl)ccc(OCc4cccc(Cl)c4)c3C2=O)c(Cl)c1. The van der Waals surface area contributed by atoms with Crippen molar-refractivity contribution in [3.8, 4) is 5.75 Å². The Bertz CT molecular complexity index is 1200. The Morgan fingerprint density at radius 3 is 2.52 bits per heavy atom. The van der Waals surface area contributed by atoms with Crippen LogP contribution < -0.4 is 9.64 Å². The van der Waals surface area contributed by atoms with E-state index in [4.69, 9.17) is 44.6 Å². The van der Waals surface area contributed by atoms with Crippen LogP contribution in [0.25, 0.3) is 0 Å². The van der Waals surface area contributed by atoms with Crippen molar-refractivity contribution in [2.45, 2.75) is 19.6 Å². The Hall–Kier alpha value is -2.73. The number of carbonyl (C=O) groups excluding carboxylic acids is 1.